The van der Waals surface area contributed by atoms with Crippen LogP contribution in [0.25, 0.3) is 16.9 Å². The van der Waals surface area contributed by atoms with Crippen LogP contribution < -0.4 is 14.2 Å². The molecule has 0 N–H and O–H groups in total. The molecule has 0 atom stereocenters. The number of nitrogens with zero attached hydrogens (tertiary/aromatic N) is 2. The van der Waals surface area contributed by atoms with E-state index in [1.807, 2.05) is 42.5 Å². The van der Waals surface area contributed by atoms with E-state index in [2.05, 4.69) is 5.10 Å². The third kappa shape index (κ3) is 4.22. The lowest BCUT2D eigenvalue weighted by Gasteiger charge is -2.09. The van der Waals surface area contributed by atoms with E-state index in [1.54, 1.807) is 36.2 Å². The molecular weight excluding hydrogens is 408 g/mol. The fourth-order valence-corrected chi connectivity index (χ4v) is 3.20. The second kappa shape index (κ2) is 9.18. The van der Waals surface area contributed by atoms with Crippen LogP contribution in [0.1, 0.15) is 20.7 Å². The molecule has 7 heteroatoms. The van der Waals surface area contributed by atoms with Crippen LogP contribution in [0.5, 0.6) is 17.2 Å². The van der Waals surface area contributed by atoms with Crippen LogP contribution in [0, 0.1) is 0 Å². The Labute approximate surface area is 184 Å². The van der Waals surface area contributed by atoms with E-state index in [4.69, 9.17) is 14.2 Å². The van der Waals surface area contributed by atoms with Crippen LogP contribution in [0.2, 0.25) is 0 Å². The van der Waals surface area contributed by atoms with Gasteiger partial charge in [0.1, 0.15) is 23.3 Å². The Morgan fingerprint density at radius 2 is 1.66 bits per heavy atom. The fraction of sp³-hybridized carbons (Fsp3) is 0.0800. The van der Waals surface area contributed by atoms with Crippen LogP contribution in [-0.4, -0.2) is 36.3 Å². The first kappa shape index (κ1) is 20.9. The number of para-hydroxylation sites is 1. The van der Waals surface area contributed by atoms with Crippen molar-refractivity contribution >= 4 is 12.3 Å². The fourth-order valence-electron chi connectivity index (χ4n) is 3.20. The van der Waals surface area contributed by atoms with Crippen LogP contribution in [0.4, 0.5) is 0 Å². The minimum atomic E-state index is -0.602. The number of carbonyl (C=O) groups excluding carboxylic acids is 2. The second-order valence-electron chi connectivity index (χ2n) is 6.82. The molecule has 4 rings (SSSR count). The van der Waals surface area contributed by atoms with Gasteiger partial charge in [-0.1, -0.05) is 18.2 Å². The predicted molar refractivity (Wildman–Crippen MR) is 119 cm³/mol. The first-order valence-corrected chi connectivity index (χ1v) is 9.78. The van der Waals surface area contributed by atoms with Gasteiger partial charge in [-0.2, -0.15) is 5.10 Å². The lowest BCUT2D eigenvalue weighted by atomic mass is 10.1. The van der Waals surface area contributed by atoms with Crippen LogP contribution >= 0.6 is 0 Å². The molecule has 0 bridgehead atoms. The number of benzene rings is 3. The lowest BCUT2D eigenvalue weighted by molar-refractivity contribution is 0.0730. The Hall–Kier alpha value is -4.39. The summed E-state index contributed by atoms with van der Waals surface area (Å²) in [5.74, 6) is 0.580. The quantitative estimate of drug-likeness (QED) is 0.243. The average Bonchev–Trinajstić information content (AvgIpc) is 3.30. The number of aldehydes is 1. The standard InChI is InChI=1S/C25H20N2O5/c1-30-20-11-9-18(10-12-20)24-21(15-27(26-24)19-6-4-3-5-7-19)25(29)32-22-13-8-17(16-28)14-23(22)31-2/h3-16H,1-2H3. The molecule has 0 aliphatic heterocycles. The van der Waals surface area contributed by atoms with E-state index in [0.29, 0.717) is 23.3 Å². The molecule has 0 saturated heterocycles. The zero-order valence-corrected chi connectivity index (χ0v) is 17.5. The van der Waals surface area contributed by atoms with Crippen molar-refractivity contribution in [2.24, 2.45) is 0 Å². The zero-order chi connectivity index (χ0) is 22.5. The van der Waals surface area contributed by atoms with Crippen LogP contribution in [0.3, 0.4) is 0 Å². The van der Waals surface area contributed by atoms with E-state index in [0.717, 1.165) is 11.3 Å². The van der Waals surface area contributed by atoms with Crippen molar-refractivity contribution < 1.29 is 23.8 Å². The predicted octanol–water partition coefficient (Wildman–Crippen LogP) is 4.59. The highest BCUT2D eigenvalue weighted by Gasteiger charge is 2.22. The molecule has 7 nitrogen and oxygen atoms in total. The largest absolute Gasteiger partial charge is 0.497 e. The van der Waals surface area contributed by atoms with Gasteiger partial charge in [0.25, 0.3) is 0 Å². The third-order valence-corrected chi connectivity index (χ3v) is 4.84. The van der Waals surface area contributed by atoms with Crippen molar-refractivity contribution in [1.29, 1.82) is 0 Å². The monoisotopic (exact) mass is 428 g/mol. The number of ether oxygens (including phenoxy) is 3. The zero-order valence-electron chi connectivity index (χ0n) is 17.5. The summed E-state index contributed by atoms with van der Waals surface area (Å²) >= 11 is 0. The topological polar surface area (TPSA) is 79.7 Å². The van der Waals surface area contributed by atoms with Crippen molar-refractivity contribution in [3.8, 4) is 34.2 Å². The first-order valence-electron chi connectivity index (χ1n) is 9.78. The van der Waals surface area contributed by atoms with Crippen LogP contribution in [0.15, 0.2) is 79.0 Å². The van der Waals surface area contributed by atoms with Gasteiger partial charge >= 0.3 is 5.97 Å². The molecule has 0 spiro atoms. The Kier molecular flexibility index (Phi) is 5.98. The number of aromatic nitrogens is 2. The van der Waals surface area contributed by atoms with Crippen LogP contribution in [-0.2, 0) is 0 Å². The maximum Gasteiger partial charge on any atom is 0.347 e. The summed E-state index contributed by atoms with van der Waals surface area (Å²) in [5.41, 5.74) is 2.69. The van der Waals surface area contributed by atoms with E-state index < -0.39 is 5.97 Å². The van der Waals surface area contributed by atoms with Gasteiger partial charge in [-0.15, -0.1) is 0 Å². The van der Waals surface area contributed by atoms with E-state index in [-0.39, 0.29) is 17.1 Å². The minimum Gasteiger partial charge on any atom is -0.497 e. The van der Waals surface area contributed by atoms with Crippen molar-refractivity contribution in [3.63, 3.8) is 0 Å². The number of hydrogen-bond donors (Lipinski definition) is 0. The molecule has 0 aliphatic rings. The number of carbonyl (C=O) groups is 2. The molecule has 0 amide bonds. The number of hydrogen-bond acceptors (Lipinski definition) is 6. The SMILES string of the molecule is COc1ccc(-c2nn(-c3ccccc3)cc2C(=O)Oc2ccc(C=O)cc2OC)cc1. The Morgan fingerprint density at radius 3 is 2.31 bits per heavy atom. The van der Waals surface area contributed by atoms with Gasteiger partial charge < -0.3 is 14.2 Å². The van der Waals surface area contributed by atoms with Crippen molar-refractivity contribution in [2.45, 2.75) is 0 Å². The van der Waals surface area contributed by atoms with Gasteiger partial charge in [-0.3, -0.25) is 4.79 Å². The maximum atomic E-state index is 13.2. The van der Waals surface area contributed by atoms with Crippen molar-refractivity contribution in [3.05, 3.63) is 90.1 Å². The molecule has 4 aromatic rings. The van der Waals surface area contributed by atoms with Crippen molar-refractivity contribution in [1.82, 2.24) is 9.78 Å². The Bertz CT molecular complexity index is 1250. The molecule has 0 fully saturated rings. The van der Waals surface area contributed by atoms with Gasteiger partial charge in [0.05, 0.1) is 19.9 Å². The summed E-state index contributed by atoms with van der Waals surface area (Å²) in [6.45, 7) is 0. The molecule has 1 heterocycles. The highest BCUT2D eigenvalue weighted by Crippen LogP contribution is 2.31. The minimum absolute atomic E-state index is 0.205. The average molecular weight is 428 g/mol. The summed E-state index contributed by atoms with van der Waals surface area (Å²) in [6.07, 6.45) is 2.32. The summed E-state index contributed by atoms with van der Waals surface area (Å²) < 4.78 is 17.7. The summed E-state index contributed by atoms with van der Waals surface area (Å²) in [5, 5.41) is 4.64. The van der Waals surface area contributed by atoms with Gasteiger partial charge in [-0.25, -0.2) is 9.48 Å². The molecule has 0 aliphatic carbocycles. The molecular formula is C25H20N2O5. The van der Waals surface area contributed by atoms with E-state index >= 15 is 0 Å². The molecule has 32 heavy (non-hydrogen) atoms. The van der Waals surface area contributed by atoms with E-state index in [9.17, 15) is 9.59 Å². The summed E-state index contributed by atoms with van der Waals surface area (Å²) in [6, 6.07) is 21.3. The lowest BCUT2D eigenvalue weighted by Crippen LogP contribution is -2.10. The first-order chi connectivity index (χ1) is 15.6. The summed E-state index contributed by atoms with van der Waals surface area (Å²) in [7, 11) is 3.03. The van der Waals surface area contributed by atoms with Gasteiger partial charge in [0.15, 0.2) is 11.5 Å². The highest BCUT2D eigenvalue weighted by molar-refractivity contribution is 5.97. The summed E-state index contributed by atoms with van der Waals surface area (Å²) in [4.78, 5) is 24.2. The number of methoxy groups -OCH3 is 2. The van der Waals surface area contributed by atoms with Crippen molar-refractivity contribution in [2.75, 3.05) is 14.2 Å². The molecule has 0 unspecified atom stereocenters. The number of esters is 1. The third-order valence-electron chi connectivity index (χ3n) is 4.84. The Balaban J connectivity index is 1.75. The molecule has 0 radical (unpaired) electrons. The molecule has 1 aromatic heterocycles. The second-order valence-corrected chi connectivity index (χ2v) is 6.82. The maximum absolute atomic E-state index is 13.2. The molecule has 0 saturated carbocycles. The molecule has 3 aromatic carbocycles. The Morgan fingerprint density at radius 1 is 0.906 bits per heavy atom. The smallest absolute Gasteiger partial charge is 0.347 e. The molecule has 160 valence electrons. The van der Waals surface area contributed by atoms with E-state index in [1.165, 1.54) is 19.2 Å². The number of rotatable bonds is 7. The van der Waals surface area contributed by atoms with Gasteiger partial charge in [0, 0.05) is 17.3 Å². The van der Waals surface area contributed by atoms with Gasteiger partial charge in [-0.05, 0) is 54.6 Å². The normalized spacial score (nSPS) is 10.4. The highest BCUT2D eigenvalue weighted by atomic mass is 16.6. The van der Waals surface area contributed by atoms with Gasteiger partial charge in [0.2, 0.25) is 0 Å².